The maximum atomic E-state index is 7.42. The summed E-state index contributed by atoms with van der Waals surface area (Å²) in [6, 6.07) is 14.9. The van der Waals surface area contributed by atoms with E-state index in [0.29, 0.717) is 12.1 Å². The van der Waals surface area contributed by atoms with E-state index in [2.05, 4.69) is 10.4 Å². The molecule has 0 fully saturated rings. The Bertz CT molecular complexity index is 575. The van der Waals surface area contributed by atoms with Crippen LogP contribution in [0.1, 0.15) is 11.1 Å². The van der Waals surface area contributed by atoms with E-state index in [4.69, 9.17) is 22.5 Å². The first-order valence-electron chi connectivity index (χ1n) is 5.74. The van der Waals surface area contributed by atoms with Crippen molar-refractivity contribution < 1.29 is 0 Å². The van der Waals surface area contributed by atoms with Crippen LogP contribution in [0, 0.1) is 10.9 Å². The molecule has 0 spiro atoms. The van der Waals surface area contributed by atoms with Crippen molar-refractivity contribution in [1.82, 2.24) is 0 Å². The molecule has 0 heterocycles. The summed E-state index contributed by atoms with van der Waals surface area (Å²) >= 11 is 5.82. The van der Waals surface area contributed by atoms with Gasteiger partial charge >= 0.3 is 0 Å². The third-order valence-corrected chi connectivity index (χ3v) is 2.93. The molecule has 0 unspecified atom stereocenters. The molecule has 4 nitrogen and oxygen atoms in total. The van der Waals surface area contributed by atoms with Gasteiger partial charge in [0.2, 0.25) is 0 Å². The Kier molecular flexibility index (Phi) is 4.26. The van der Waals surface area contributed by atoms with Crippen LogP contribution in [0.3, 0.4) is 0 Å². The molecule has 0 amide bonds. The molecule has 96 valence electrons. The van der Waals surface area contributed by atoms with E-state index in [9.17, 15) is 0 Å². The van der Waals surface area contributed by atoms with Crippen LogP contribution in [0.4, 0.5) is 5.69 Å². The molecule has 0 radical (unpaired) electrons. The number of rotatable bonds is 4. The van der Waals surface area contributed by atoms with Gasteiger partial charge in [0, 0.05) is 22.8 Å². The smallest absolute Gasteiger partial charge is 0.173 e. The minimum absolute atomic E-state index is 0.0377. The molecule has 0 atom stereocenters. The zero-order valence-corrected chi connectivity index (χ0v) is 10.9. The van der Waals surface area contributed by atoms with Crippen molar-refractivity contribution in [3.05, 3.63) is 64.7 Å². The maximum Gasteiger partial charge on any atom is 0.173 e. The third-order valence-electron chi connectivity index (χ3n) is 2.68. The molecule has 5 heteroatoms. The molecule has 2 rings (SSSR count). The van der Waals surface area contributed by atoms with Gasteiger partial charge < -0.3 is 5.32 Å². The van der Waals surface area contributed by atoms with Gasteiger partial charge in [0.15, 0.2) is 5.84 Å². The number of nitrogens with zero attached hydrogens (tertiary/aromatic N) is 1. The fourth-order valence-electron chi connectivity index (χ4n) is 1.62. The Balaban J connectivity index is 1.98. The van der Waals surface area contributed by atoms with Crippen molar-refractivity contribution >= 4 is 23.1 Å². The van der Waals surface area contributed by atoms with Gasteiger partial charge in [-0.3, -0.25) is 5.41 Å². The lowest BCUT2D eigenvalue weighted by atomic mass is 10.2. The van der Waals surface area contributed by atoms with Gasteiger partial charge in [-0.25, -0.2) is 5.53 Å². The van der Waals surface area contributed by atoms with Crippen molar-refractivity contribution in [1.29, 1.82) is 10.9 Å². The predicted molar refractivity (Wildman–Crippen MR) is 77.2 cm³/mol. The van der Waals surface area contributed by atoms with Crippen LogP contribution < -0.4 is 5.32 Å². The van der Waals surface area contributed by atoms with Crippen molar-refractivity contribution in [2.75, 3.05) is 5.32 Å². The fraction of sp³-hybridized carbons (Fsp3) is 0.0714. The van der Waals surface area contributed by atoms with Crippen LogP contribution in [0.5, 0.6) is 0 Å². The second-order valence-corrected chi connectivity index (χ2v) is 4.45. The Morgan fingerprint density at radius 3 is 2.26 bits per heavy atom. The van der Waals surface area contributed by atoms with Gasteiger partial charge in [-0.1, -0.05) is 23.7 Å². The number of halogens is 1. The number of nitrogens with one attached hydrogen (secondary N) is 3. The first-order chi connectivity index (χ1) is 9.19. The summed E-state index contributed by atoms with van der Waals surface area (Å²) in [4.78, 5) is 0. The largest absolute Gasteiger partial charge is 0.381 e. The van der Waals surface area contributed by atoms with Crippen LogP contribution in [0.25, 0.3) is 0 Å². The predicted octanol–water partition coefficient (Wildman–Crippen LogP) is 4.31. The highest BCUT2D eigenvalue weighted by Crippen LogP contribution is 2.14. The molecule has 0 aromatic heterocycles. The maximum absolute atomic E-state index is 7.42. The molecule has 2 aromatic rings. The van der Waals surface area contributed by atoms with E-state index >= 15 is 0 Å². The van der Waals surface area contributed by atoms with E-state index in [1.807, 2.05) is 36.4 Å². The van der Waals surface area contributed by atoms with Gasteiger partial charge in [-0.05, 0) is 42.0 Å². The zero-order chi connectivity index (χ0) is 13.7. The van der Waals surface area contributed by atoms with Gasteiger partial charge in [0.1, 0.15) is 0 Å². The lowest BCUT2D eigenvalue weighted by Gasteiger charge is -2.07. The van der Waals surface area contributed by atoms with Crippen LogP contribution in [-0.2, 0) is 6.54 Å². The molecule has 2 aromatic carbocycles. The number of amidine groups is 1. The normalized spacial score (nSPS) is 9.95. The molecule has 3 N–H and O–H groups in total. The fourth-order valence-corrected chi connectivity index (χ4v) is 1.74. The third kappa shape index (κ3) is 3.63. The standard InChI is InChI=1S/C14H13ClN4/c15-12-5-1-10(2-6-12)9-18-13-7-3-11(4-8-13)14(16)19-17/h1-8,16-18H,9H2. The van der Waals surface area contributed by atoms with E-state index in [1.165, 1.54) is 0 Å². The minimum atomic E-state index is -0.0377. The van der Waals surface area contributed by atoms with Crippen molar-refractivity contribution in [2.24, 2.45) is 5.11 Å². The first-order valence-corrected chi connectivity index (χ1v) is 6.11. The quantitative estimate of drug-likeness (QED) is 0.433. The molecule has 0 aliphatic heterocycles. The molecule has 0 bridgehead atoms. The van der Waals surface area contributed by atoms with Crippen molar-refractivity contribution in [2.45, 2.75) is 6.54 Å². The van der Waals surface area contributed by atoms with Gasteiger partial charge in [0.05, 0.1) is 0 Å². The molecule has 0 aliphatic rings. The van der Waals surface area contributed by atoms with E-state index in [1.54, 1.807) is 12.1 Å². The van der Waals surface area contributed by atoms with Crippen molar-refractivity contribution in [3.8, 4) is 0 Å². The van der Waals surface area contributed by atoms with Crippen LogP contribution >= 0.6 is 11.6 Å². The van der Waals surface area contributed by atoms with Crippen LogP contribution in [0.2, 0.25) is 5.02 Å². The average molecular weight is 273 g/mol. The van der Waals surface area contributed by atoms with E-state index in [-0.39, 0.29) is 5.84 Å². The average Bonchev–Trinajstić information content (AvgIpc) is 2.46. The number of hydrogen-bond acceptors (Lipinski definition) is 3. The lowest BCUT2D eigenvalue weighted by molar-refractivity contribution is 1.15. The van der Waals surface area contributed by atoms with Gasteiger partial charge in [-0.2, -0.15) is 0 Å². The minimum Gasteiger partial charge on any atom is -0.381 e. The van der Waals surface area contributed by atoms with Crippen LogP contribution in [0.15, 0.2) is 53.6 Å². The molecule has 19 heavy (non-hydrogen) atoms. The summed E-state index contributed by atoms with van der Waals surface area (Å²) in [6.45, 7) is 0.705. The summed E-state index contributed by atoms with van der Waals surface area (Å²) in [7, 11) is 0. The highest BCUT2D eigenvalue weighted by molar-refractivity contribution is 6.30. The Morgan fingerprint density at radius 2 is 1.68 bits per heavy atom. The van der Waals surface area contributed by atoms with E-state index in [0.717, 1.165) is 16.3 Å². The molecule has 0 aliphatic carbocycles. The zero-order valence-electron chi connectivity index (χ0n) is 10.2. The van der Waals surface area contributed by atoms with Gasteiger partial charge in [-0.15, -0.1) is 5.11 Å². The highest BCUT2D eigenvalue weighted by Gasteiger charge is 1.99. The number of anilines is 1. The topological polar surface area (TPSA) is 72.1 Å². The molecular weight excluding hydrogens is 260 g/mol. The summed E-state index contributed by atoms with van der Waals surface area (Å²) in [5.74, 6) is -0.0377. The molecule has 0 saturated heterocycles. The Hall–Kier alpha value is -2.20. The summed E-state index contributed by atoms with van der Waals surface area (Å²) in [6.07, 6.45) is 0. The summed E-state index contributed by atoms with van der Waals surface area (Å²) < 4.78 is 0. The van der Waals surface area contributed by atoms with Gasteiger partial charge in [0.25, 0.3) is 0 Å². The second kappa shape index (κ2) is 6.11. The number of benzene rings is 2. The monoisotopic (exact) mass is 272 g/mol. The molecular formula is C14H13ClN4. The van der Waals surface area contributed by atoms with Crippen molar-refractivity contribution in [3.63, 3.8) is 0 Å². The number of hydrogen-bond donors (Lipinski definition) is 3. The summed E-state index contributed by atoms with van der Waals surface area (Å²) in [5.41, 5.74) is 9.51. The SMILES string of the molecule is N=NC(=N)c1ccc(NCc2ccc(Cl)cc2)cc1. The highest BCUT2D eigenvalue weighted by atomic mass is 35.5. The first kappa shape index (κ1) is 13.2. The van der Waals surface area contributed by atoms with E-state index < -0.39 is 0 Å². The Labute approximate surface area is 116 Å². The Morgan fingerprint density at radius 1 is 1.05 bits per heavy atom. The summed E-state index contributed by atoms with van der Waals surface area (Å²) in [5, 5.41) is 14.5. The molecule has 0 saturated carbocycles. The second-order valence-electron chi connectivity index (χ2n) is 4.02. The van der Waals surface area contributed by atoms with Crippen LogP contribution in [-0.4, -0.2) is 5.84 Å². The lowest BCUT2D eigenvalue weighted by Crippen LogP contribution is -2.00.